The highest BCUT2D eigenvalue weighted by molar-refractivity contribution is 5.98. The number of benzene rings is 1. The molecule has 26 heavy (non-hydrogen) atoms. The highest BCUT2D eigenvalue weighted by atomic mass is 16.5. The summed E-state index contributed by atoms with van der Waals surface area (Å²) in [6, 6.07) is 5.36. The lowest BCUT2D eigenvalue weighted by Gasteiger charge is -2.29. The van der Waals surface area contributed by atoms with Crippen LogP contribution in [0.1, 0.15) is 44.3 Å². The largest absolute Gasteiger partial charge is 0.482 e. The van der Waals surface area contributed by atoms with Crippen LogP contribution in [0.15, 0.2) is 22.7 Å². The molecule has 1 N–H and O–H groups in total. The molecular formula is C18H22N4O4. The van der Waals surface area contributed by atoms with Gasteiger partial charge in [0.1, 0.15) is 5.75 Å². The minimum atomic E-state index is -0.396. The van der Waals surface area contributed by atoms with Gasteiger partial charge in [0.2, 0.25) is 5.82 Å². The van der Waals surface area contributed by atoms with Crippen molar-refractivity contribution in [1.29, 1.82) is 0 Å². The molecule has 0 spiro atoms. The van der Waals surface area contributed by atoms with Crippen LogP contribution in [0.25, 0.3) is 11.4 Å². The second-order valence-electron chi connectivity index (χ2n) is 6.22. The maximum absolute atomic E-state index is 12.1. The summed E-state index contributed by atoms with van der Waals surface area (Å²) in [7, 11) is 0. The maximum Gasteiger partial charge on any atom is 0.316 e. The molecular weight excluding hydrogens is 336 g/mol. The number of nitrogens with zero attached hydrogens (tertiary/aromatic N) is 3. The van der Waals surface area contributed by atoms with Gasteiger partial charge in [0.15, 0.2) is 6.61 Å². The molecule has 0 saturated carbocycles. The van der Waals surface area contributed by atoms with Crippen LogP contribution < -0.4 is 15.0 Å². The van der Waals surface area contributed by atoms with Gasteiger partial charge in [-0.3, -0.25) is 9.59 Å². The van der Waals surface area contributed by atoms with Gasteiger partial charge in [-0.05, 0) is 38.0 Å². The summed E-state index contributed by atoms with van der Waals surface area (Å²) in [5, 5.41) is 6.66. The van der Waals surface area contributed by atoms with Crippen molar-refractivity contribution in [3.8, 4) is 17.1 Å². The zero-order valence-electron chi connectivity index (χ0n) is 15.1. The second-order valence-corrected chi connectivity index (χ2v) is 6.22. The Kier molecular flexibility index (Phi) is 5.20. The van der Waals surface area contributed by atoms with Crippen molar-refractivity contribution in [2.24, 2.45) is 0 Å². The molecule has 0 bridgehead atoms. The van der Waals surface area contributed by atoms with Crippen molar-refractivity contribution in [2.75, 3.05) is 18.1 Å². The van der Waals surface area contributed by atoms with Crippen molar-refractivity contribution in [2.45, 2.75) is 39.7 Å². The molecule has 1 aromatic carbocycles. The number of rotatable bonds is 6. The predicted octanol–water partition coefficient (Wildman–Crippen LogP) is 2.40. The van der Waals surface area contributed by atoms with Crippen molar-refractivity contribution >= 4 is 17.5 Å². The van der Waals surface area contributed by atoms with Gasteiger partial charge in [0.25, 0.3) is 5.91 Å². The molecule has 1 aliphatic heterocycles. The first kappa shape index (κ1) is 17.9. The van der Waals surface area contributed by atoms with E-state index in [1.165, 1.54) is 0 Å². The van der Waals surface area contributed by atoms with E-state index in [0.717, 1.165) is 18.5 Å². The van der Waals surface area contributed by atoms with Crippen LogP contribution in [0.2, 0.25) is 0 Å². The Morgan fingerprint density at radius 2 is 2.19 bits per heavy atom. The summed E-state index contributed by atoms with van der Waals surface area (Å²) < 4.78 is 10.6. The average Bonchev–Trinajstić information content (AvgIpc) is 3.14. The summed E-state index contributed by atoms with van der Waals surface area (Å²) >= 11 is 0. The van der Waals surface area contributed by atoms with Gasteiger partial charge < -0.3 is 19.5 Å². The van der Waals surface area contributed by atoms with Crippen LogP contribution >= 0.6 is 0 Å². The number of carbonyl (C=O) groups is 2. The smallest absolute Gasteiger partial charge is 0.316 e. The van der Waals surface area contributed by atoms with Gasteiger partial charge in [0, 0.05) is 18.2 Å². The fourth-order valence-corrected chi connectivity index (χ4v) is 2.63. The maximum atomic E-state index is 12.1. The first-order chi connectivity index (χ1) is 12.5. The normalized spacial score (nSPS) is 14.6. The number of anilines is 1. The number of carbonyl (C=O) groups excluding carboxylic acids is 2. The molecule has 0 saturated heterocycles. The van der Waals surface area contributed by atoms with E-state index < -0.39 is 5.91 Å². The Balaban J connectivity index is 1.83. The fraction of sp³-hybridized carbons (Fsp3) is 0.444. The Labute approximate surface area is 151 Å². The summed E-state index contributed by atoms with van der Waals surface area (Å²) in [5.74, 6) is 0.347. The van der Waals surface area contributed by atoms with Crippen LogP contribution in [0.4, 0.5) is 5.69 Å². The first-order valence-corrected chi connectivity index (χ1v) is 8.75. The van der Waals surface area contributed by atoms with Crippen LogP contribution in [-0.4, -0.2) is 41.1 Å². The lowest BCUT2D eigenvalue weighted by atomic mass is 10.1. The summed E-state index contributed by atoms with van der Waals surface area (Å²) in [6.07, 6.45) is 1.66. The topological polar surface area (TPSA) is 97.6 Å². The predicted molar refractivity (Wildman–Crippen MR) is 95.1 cm³/mol. The molecule has 8 nitrogen and oxygen atoms in total. The zero-order valence-corrected chi connectivity index (χ0v) is 15.1. The van der Waals surface area contributed by atoms with E-state index >= 15 is 0 Å². The number of hydrogen-bond acceptors (Lipinski definition) is 6. The summed E-state index contributed by atoms with van der Waals surface area (Å²) in [5.41, 5.74) is 1.38. The number of hydrogen-bond donors (Lipinski definition) is 1. The SMILES string of the molecule is CCCN1C(=O)COc2cc(-c3noc(C(=O)NC(C)CC)n3)ccc21. The van der Waals surface area contributed by atoms with E-state index in [1.807, 2.05) is 20.8 Å². The Morgan fingerprint density at radius 1 is 1.38 bits per heavy atom. The average molecular weight is 358 g/mol. The monoisotopic (exact) mass is 358 g/mol. The molecule has 2 aromatic rings. The second kappa shape index (κ2) is 7.55. The summed E-state index contributed by atoms with van der Waals surface area (Å²) in [4.78, 5) is 29.9. The molecule has 8 heteroatoms. The number of fused-ring (bicyclic) bond motifs is 1. The van der Waals surface area contributed by atoms with E-state index in [-0.39, 0.29) is 24.4 Å². The van der Waals surface area contributed by atoms with Gasteiger partial charge in [0.05, 0.1) is 5.69 Å². The lowest BCUT2D eigenvalue weighted by Crippen LogP contribution is -2.39. The standard InChI is InChI=1S/C18H22N4O4/c1-4-8-22-13-7-6-12(9-14(13)25-10-15(22)23)16-20-18(26-21-16)17(24)19-11(3)5-2/h6-7,9,11H,4-5,8,10H2,1-3H3,(H,19,24). The zero-order chi connectivity index (χ0) is 18.7. The molecule has 3 rings (SSSR count). The van der Waals surface area contributed by atoms with Crippen LogP contribution in [0, 0.1) is 0 Å². The third kappa shape index (κ3) is 3.54. The van der Waals surface area contributed by atoms with Gasteiger partial charge in [-0.25, -0.2) is 0 Å². The number of ether oxygens (including phenoxy) is 1. The highest BCUT2D eigenvalue weighted by Crippen LogP contribution is 2.35. The fourth-order valence-electron chi connectivity index (χ4n) is 2.63. The van der Waals surface area contributed by atoms with E-state index in [1.54, 1.807) is 23.1 Å². The summed E-state index contributed by atoms with van der Waals surface area (Å²) in [6.45, 7) is 6.53. The minimum absolute atomic E-state index is 0.00522. The number of aromatic nitrogens is 2. The third-order valence-electron chi connectivity index (χ3n) is 4.22. The Morgan fingerprint density at radius 3 is 2.92 bits per heavy atom. The number of amides is 2. The van der Waals surface area contributed by atoms with Gasteiger partial charge in [-0.1, -0.05) is 19.0 Å². The first-order valence-electron chi connectivity index (χ1n) is 8.75. The number of nitrogens with one attached hydrogen (secondary N) is 1. The Hall–Kier alpha value is -2.90. The lowest BCUT2D eigenvalue weighted by molar-refractivity contribution is -0.121. The molecule has 1 aliphatic rings. The minimum Gasteiger partial charge on any atom is -0.482 e. The van der Waals surface area contributed by atoms with Crippen LogP contribution in [-0.2, 0) is 4.79 Å². The van der Waals surface area contributed by atoms with Crippen LogP contribution in [0.3, 0.4) is 0 Å². The van der Waals surface area contributed by atoms with Gasteiger partial charge in [-0.2, -0.15) is 4.98 Å². The van der Waals surface area contributed by atoms with E-state index in [9.17, 15) is 9.59 Å². The van der Waals surface area contributed by atoms with Crippen molar-refractivity contribution < 1.29 is 18.8 Å². The molecule has 138 valence electrons. The van der Waals surface area contributed by atoms with E-state index in [0.29, 0.717) is 23.7 Å². The molecule has 1 unspecified atom stereocenters. The molecule has 1 aromatic heterocycles. The molecule has 0 aliphatic carbocycles. The van der Waals surface area contributed by atoms with Crippen molar-refractivity contribution in [1.82, 2.24) is 15.5 Å². The van der Waals surface area contributed by atoms with E-state index in [2.05, 4.69) is 15.5 Å². The highest BCUT2D eigenvalue weighted by Gasteiger charge is 2.26. The quantitative estimate of drug-likeness (QED) is 0.851. The van der Waals surface area contributed by atoms with Crippen molar-refractivity contribution in [3.63, 3.8) is 0 Å². The molecule has 1 atom stereocenters. The molecule has 2 amide bonds. The van der Waals surface area contributed by atoms with Crippen molar-refractivity contribution in [3.05, 3.63) is 24.1 Å². The molecule has 0 radical (unpaired) electrons. The van der Waals surface area contributed by atoms with E-state index in [4.69, 9.17) is 9.26 Å². The molecule has 2 heterocycles. The van der Waals surface area contributed by atoms with Gasteiger partial charge >= 0.3 is 11.8 Å². The van der Waals surface area contributed by atoms with Crippen LogP contribution in [0.5, 0.6) is 5.75 Å². The Bertz CT molecular complexity index is 817. The third-order valence-corrected chi connectivity index (χ3v) is 4.22. The molecule has 0 fully saturated rings. The van der Waals surface area contributed by atoms with Gasteiger partial charge in [-0.15, -0.1) is 0 Å².